The molecular weight excluding hydrogens is 443 g/mol. The predicted octanol–water partition coefficient (Wildman–Crippen LogP) is -2.60. The Kier molecular flexibility index (Phi) is 8.28. The smallest absolute Gasteiger partial charge is 0.394 e. The summed E-state index contributed by atoms with van der Waals surface area (Å²) in [6.07, 6.45) is -13.0. The molecule has 32 heavy (non-hydrogen) atoms. The molecule has 0 saturated carbocycles. The number of nitrogens with zero attached hydrogens (tertiary/aromatic N) is 1. The van der Waals surface area contributed by atoms with E-state index in [1.807, 2.05) is 5.32 Å². The van der Waals surface area contributed by atoms with Crippen molar-refractivity contribution in [3.05, 3.63) is 39.8 Å². The highest BCUT2D eigenvalue weighted by molar-refractivity contribution is 5.77. The van der Waals surface area contributed by atoms with Crippen LogP contribution >= 0.6 is 0 Å². The molecule has 0 saturated heterocycles. The van der Waals surface area contributed by atoms with Crippen LogP contribution in [0.2, 0.25) is 0 Å². The third-order valence-electron chi connectivity index (χ3n) is 4.68. The Labute approximate surface area is 177 Å². The number of hydrogen-bond donors (Lipinski definition) is 8. The molecule has 8 N–H and O–H groups in total. The van der Waals surface area contributed by atoms with Crippen LogP contribution in [0.1, 0.15) is 11.3 Å². The second-order valence-electron chi connectivity index (χ2n) is 7.00. The van der Waals surface area contributed by atoms with Gasteiger partial charge in [-0.05, 0) is 18.2 Å². The number of aliphatic hydroxyl groups is 6. The van der Waals surface area contributed by atoms with Crippen LogP contribution in [-0.4, -0.2) is 90.2 Å². The topological polar surface area (TPSA) is 196 Å². The number of halogens is 3. The summed E-state index contributed by atoms with van der Waals surface area (Å²) < 4.78 is 38.5. The zero-order chi connectivity index (χ0) is 24.2. The number of H-pyrrole nitrogens is 1. The molecule has 0 aliphatic heterocycles. The summed E-state index contributed by atoms with van der Waals surface area (Å²) in [6, 6.07) is 0.708. The largest absolute Gasteiger partial charge is 0.416 e. The van der Waals surface area contributed by atoms with Crippen molar-refractivity contribution in [2.45, 2.75) is 43.1 Å². The summed E-state index contributed by atoms with van der Waals surface area (Å²) in [4.78, 5) is 29.9. The molecule has 5 atom stereocenters. The summed E-state index contributed by atoms with van der Waals surface area (Å²) in [7, 11) is 0. The van der Waals surface area contributed by atoms with Crippen LogP contribution in [0.3, 0.4) is 0 Å². The highest BCUT2D eigenvalue weighted by atomic mass is 19.4. The second-order valence-corrected chi connectivity index (χ2v) is 7.00. The van der Waals surface area contributed by atoms with E-state index >= 15 is 0 Å². The van der Waals surface area contributed by atoms with Gasteiger partial charge in [0.1, 0.15) is 30.6 Å². The van der Waals surface area contributed by atoms with Crippen LogP contribution in [0.25, 0.3) is 11.0 Å². The second kappa shape index (κ2) is 10.3. The maximum Gasteiger partial charge on any atom is 0.416 e. The zero-order valence-corrected chi connectivity index (χ0v) is 16.3. The van der Waals surface area contributed by atoms with Crippen LogP contribution in [0.5, 0.6) is 0 Å². The molecule has 0 bridgehead atoms. The Morgan fingerprint density at radius 1 is 1.09 bits per heavy atom. The van der Waals surface area contributed by atoms with Crippen LogP contribution in [0.15, 0.2) is 23.0 Å². The van der Waals surface area contributed by atoms with Crippen LogP contribution in [0, 0.1) is 0 Å². The monoisotopic (exact) mass is 465 g/mol. The van der Waals surface area contributed by atoms with Gasteiger partial charge in [-0.2, -0.15) is 13.2 Å². The molecule has 1 aromatic carbocycles. The van der Waals surface area contributed by atoms with Gasteiger partial charge < -0.3 is 40.9 Å². The van der Waals surface area contributed by atoms with E-state index in [9.17, 15) is 43.2 Å². The van der Waals surface area contributed by atoms with E-state index in [4.69, 9.17) is 10.2 Å². The normalized spacial score (nSPS) is 16.9. The minimum absolute atomic E-state index is 0.0352. The molecule has 1 heterocycles. The van der Waals surface area contributed by atoms with Gasteiger partial charge >= 0.3 is 6.18 Å². The number of alkyl halides is 3. The number of fused-ring (bicyclic) bond motifs is 1. The fourth-order valence-electron chi connectivity index (χ4n) is 2.95. The summed E-state index contributed by atoms with van der Waals surface area (Å²) in [5.74, 6) is -1.07. The molecule has 2 unspecified atom stereocenters. The summed E-state index contributed by atoms with van der Waals surface area (Å²) in [6.45, 7) is -2.01. The number of carbonyl (C=O) groups excluding carboxylic acids is 1. The minimum Gasteiger partial charge on any atom is -0.394 e. The molecule has 0 spiro atoms. The van der Waals surface area contributed by atoms with Crippen molar-refractivity contribution < 1.29 is 48.6 Å². The molecule has 14 heteroatoms. The number of hydrogen-bond acceptors (Lipinski definition) is 9. The molecule has 2 rings (SSSR count). The van der Waals surface area contributed by atoms with E-state index < -0.39 is 73.3 Å². The van der Waals surface area contributed by atoms with Crippen molar-refractivity contribution in [1.82, 2.24) is 15.3 Å². The van der Waals surface area contributed by atoms with Gasteiger partial charge in [-0.1, -0.05) is 0 Å². The Bertz CT molecular complexity index is 1000. The first-order chi connectivity index (χ1) is 14.9. The molecule has 1 amide bonds. The lowest BCUT2D eigenvalue weighted by atomic mass is 9.94. The number of amides is 1. The number of aromatic amines is 1. The zero-order valence-electron chi connectivity index (χ0n) is 16.3. The average Bonchev–Trinajstić information content (AvgIpc) is 2.74. The van der Waals surface area contributed by atoms with Crippen LogP contribution in [0.4, 0.5) is 13.2 Å². The number of carbonyl (C=O) groups is 1. The fraction of sp³-hybridized carbons (Fsp3) is 0.500. The summed E-state index contributed by atoms with van der Waals surface area (Å²) >= 11 is 0. The summed E-state index contributed by atoms with van der Waals surface area (Å²) in [5, 5.41) is 59.9. The number of aromatic nitrogens is 2. The maximum absolute atomic E-state index is 12.8. The minimum atomic E-state index is -4.64. The molecule has 0 aliphatic carbocycles. The Morgan fingerprint density at radius 2 is 1.75 bits per heavy atom. The number of nitrogens with one attached hydrogen (secondary N) is 2. The first-order valence-electron chi connectivity index (χ1n) is 9.22. The Hall–Kier alpha value is -2.62. The van der Waals surface area contributed by atoms with Gasteiger partial charge in [-0.15, -0.1) is 0 Å². The maximum atomic E-state index is 12.8. The third kappa shape index (κ3) is 5.99. The van der Waals surface area contributed by atoms with E-state index in [1.54, 1.807) is 0 Å². The van der Waals surface area contributed by atoms with E-state index in [1.165, 1.54) is 0 Å². The van der Waals surface area contributed by atoms with Crippen molar-refractivity contribution >= 4 is 16.9 Å². The molecule has 11 nitrogen and oxygen atoms in total. The molecule has 2 aromatic rings. The molecular formula is C18H22F3N3O8. The molecule has 0 aliphatic rings. The van der Waals surface area contributed by atoms with Crippen molar-refractivity contribution in [1.29, 1.82) is 0 Å². The highest BCUT2D eigenvalue weighted by Crippen LogP contribution is 2.30. The highest BCUT2D eigenvalue weighted by Gasteiger charge is 2.37. The van der Waals surface area contributed by atoms with Gasteiger partial charge in [0.05, 0.1) is 35.3 Å². The Balaban J connectivity index is 2.34. The summed E-state index contributed by atoms with van der Waals surface area (Å²) in [5.41, 5.74) is -2.57. The lowest BCUT2D eigenvalue weighted by Gasteiger charge is -2.32. The lowest BCUT2D eigenvalue weighted by molar-refractivity contribution is -0.137. The third-order valence-corrected chi connectivity index (χ3v) is 4.68. The van der Waals surface area contributed by atoms with Gasteiger partial charge in [0, 0.05) is 6.42 Å². The average molecular weight is 465 g/mol. The van der Waals surface area contributed by atoms with E-state index in [0.717, 1.165) is 12.1 Å². The molecule has 0 radical (unpaired) electrons. The predicted molar refractivity (Wildman–Crippen MR) is 101 cm³/mol. The van der Waals surface area contributed by atoms with E-state index in [-0.39, 0.29) is 16.7 Å². The fourth-order valence-corrected chi connectivity index (χ4v) is 2.95. The van der Waals surface area contributed by atoms with Gasteiger partial charge in [-0.3, -0.25) is 9.59 Å². The van der Waals surface area contributed by atoms with E-state index in [2.05, 4.69) is 9.97 Å². The lowest BCUT2D eigenvalue weighted by Crippen LogP contribution is -2.58. The number of rotatable bonds is 9. The van der Waals surface area contributed by atoms with E-state index in [0.29, 0.717) is 6.07 Å². The van der Waals surface area contributed by atoms with Gasteiger partial charge in [0.15, 0.2) is 0 Å². The quantitative estimate of drug-likeness (QED) is 0.196. The van der Waals surface area contributed by atoms with Crippen LogP contribution < -0.4 is 10.9 Å². The molecule has 0 fully saturated rings. The van der Waals surface area contributed by atoms with Gasteiger partial charge in [0.25, 0.3) is 5.56 Å². The standard InChI is InChI=1S/C18H22F3N3O8/c19-18(20,21)7-1-2-8-9(3-7)23-17(32)10(22-8)4-11(27)14(24-13(29)6-26)16(31)15(30)12(28)5-25/h1-3,11-12,14-16,25-28,30-31H,4-6H2,(H,23,32)(H,24,29)/t11?,12-,14-,15-,16?/m1/s1. The van der Waals surface area contributed by atoms with Crippen molar-refractivity contribution in [2.75, 3.05) is 13.2 Å². The van der Waals surface area contributed by atoms with Gasteiger partial charge in [0.2, 0.25) is 5.91 Å². The van der Waals surface area contributed by atoms with Crippen molar-refractivity contribution in [3.8, 4) is 0 Å². The number of benzene rings is 1. The number of aliphatic hydroxyl groups excluding tert-OH is 6. The molecule has 178 valence electrons. The SMILES string of the molecule is O=C(CO)N[C@H](C(O)Cc1nc2ccc(C(F)(F)F)cc2[nH]c1=O)C(O)[C@H](O)[C@H](O)CO. The first kappa shape index (κ1) is 25.6. The van der Waals surface area contributed by atoms with Crippen molar-refractivity contribution in [2.24, 2.45) is 0 Å². The Morgan fingerprint density at radius 3 is 2.31 bits per heavy atom. The first-order valence-corrected chi connectivity index (χ1v) is 9.22. The van der Waals surface area contributed by atoms with Crippen molar-refractivity contribution in [3.63, 3.8) is 0 Å². The van der Waals surface area contributed by atoms with Crippen LogP contribution in [-0.2, 0) is 17.4 Å². The molecule has 1 aromatic heterocycles. The van der Waals surface area contributed by atoms with Gasteiger partial charge in [-0.25, -0.2) is 4.98 Å².